The van der Waals surface area contributed by atoms with Crippen molar-refractivity contribution in [2.24, 2.45) is 0 Å². The topological polar surface area (TPSA) is 86.8 Å². The quantitative estimate of drug-likeness (QED) is 0.274. The van der Waals surface area contributed by atoms with Gasteiger partial charge in [0.05, 0.1) is 21.5 Å². The maximum Gasteiger partial charge on any atom is 0.243 e. The molecule has 0 aliphatic heterocycles. The van der Waals surface area contributed by atoms with Crippen molar-refractivity contribution >= 4 is 55.8 Å². The maximum absolute atomic E-state index is 13.8. The summed E-state index contributed by atoms with van der Waals surface area (Å²) in [6, 6.07) is 25.6. The highest BCUT2D eigenvalue weighted by Gasteiger charge is 2.32. The van der Waals surface area contributed by atoms with Gasteiger partial charge in [0.1, 0.15) is 6.04 Å². The number of nitrogens with zero attached hydrogens (tertiary/aromatic N) is 2. The summed E-state index contributed by atoms with van der Waals surface area (Å²) in [7, 11) is -1.16. The molecular formula is C30H29Cl2N3O4S. The number of benzene rings is 4. The average Bonchev–Trinajstić information content (AvgIpc) is 2.96. The first-order valence-corrected chi connectivity index (χ1v) is 14.7. The predicted octanol–water partition coefficient (Wildman–Crippen LogP) is 5.15. The van der Waals surface area contributed by atoms with Crippen molar-refractivity contribution in [1.29, 1.82) is 0 Å². The Bertz CT molecular complexity index is 1630. The van der Waals surface area contributed by atoms with Crippen LogP contribution in [-0.2, 0) is 32.6 Å². The fourth-order valence-electron chi connectivity index (χ4n) is 4.43. The fourth-order valence-corrected chi connectivity index (χ4v) is 5.91. The second-order valence-electron chi connectivity index (χ2n) is 9.36. The van der Waals surface area contributed by atoms with Crippen LogP contribution in [0.25, 0.3) is 10.8 Å². The van der Waals surface area contributed by atoms with Crippen molar-refractivity contribution in [1.82, 2.24) is 14.5 Å². The lowest BCUT2D eigenvalue weighted by molar-refractivity contribution is -0.141. The number of hydrogen-bond donors (Lipinski definition) is 1. The third-order valence-electron chi connectivity index (χ3n) is 6.64. The van der Waals surface area contributed by atoms with Gasteiger partial charge in [0, 0.05) is 27.1 Å². The summed E-state index contributed by atoms with van der Waals surface area (Å²) in [5.41, 5.74) is 1.49. The molecule has 0 aromatic heterocycles. The number of rotatable bonds is 10. The number of hydrogen-bond acceptors (Lipinski definition) is 4. The molecule has 0 radical (unpaired) electrons. The number of amides is 2. The van der Waals surface area contributed by atoms with Crippen LogP contribution in [0.4, 0.5) is 0 Å². The summed E-state index contributed by atoms with van der Waals surface area (Å²) in [6.07, 6.45) is 0.231. The van der Waals surface area contributed by atoms with Gasteiger partial charge in [-0.1, -0.05) is 89.9 Å². The smallest absolute Gasteiger partial charge is 0.243 e. The molecule has 4 rings (SSSR count). The summed E-state index contributed by atoms with van der Waals surface area (Å²) < 4.78 is 27.9. The molecule has 0 aliphatic rings. The first kappa shape index (κ1) is 29.6. The van der Waals surface area contributed by atoms with Gasteiger partial charge >= 0.3 is 0 Å². The zero-order valence-electron chi connectivity index (χ0n) is 22.1. The van der Waals surface area contributed by atoms with Gasteiger partial charge in [-0.2, -0.15) is 4.31 Å². The number of nitrogens with one attached hydrogen (secondary N) is 1. The van der Waals surface area contributed by atoms with E-state index in [4.69, 9.17) is 23.2 Å². The first-order valence-electron chi connectivity index (χ1n) is 12.5. The molecule has 40 heavy (non-hydrogen) atoms. The number of sulfonamides is 1. The van der Waals surface area contributed by atoms with Crippen molar-refractivity contribution in [2.45, 2.75) is 23.9 Å². The molecule has 7 nitrogen and oxygen atoms in total. The molecule has 0 aliphatic carbocycles. The summed E-state index contributed by atoms with van der Waals surface area (Å²) in [5.74, 6) is -0.917. The molecule has 0 bridgehead atoms. The highest BCUT2D eigenvalue weighted by molar-refractivity contribution is 7.89. The van der Waals surface area contributed by atoms with Crippen LogP contribution in [-0.4, -0.2) is 56.1 Å². The first-order chi connectivity index (χ1) is 19.1. The zero-order valence-corrected chi connectivity index (χ0v) is 24.4. The molecule has 4 aromatic carbocycles. The van der Waals surface area contributed by atoms with E-state index in [1.54, 1.807) is 30.3 Å². The minimum absolute atomic E-state index is 0.0184. The van der Waals surface area contributed by atoms with Gasteiger partial charge in [0.25, 0.3) is 0 Å². The van der Waals surface area contributed by atoms with Crippen LogP contribution in [0, 0.1) is 0 Å². The third-order valence-corrected chi connectivity index (χ3v) is 9.18. The van der Waals surface area contributed by atoms with Crippen LogP contribution >= 0.6 is 23.2 Å². The summed E-state index contributed by atoms with van der Waals surface area (Å²) in [6.45, 7) is -0.455. The molecule has 0 saturated carbocycles. The standard InChI is InChI=1S/C30H29Cl2N3O4S/c1-33-30(37)28(17-21-8-4-3-5-9-21)35(19-22-12-15-26(31)27(32)16-22)29(36)20-34(2)40(38,39)25-14-13-23-10-6-7-11-24(23)18-25/h3-16,18,28H,17,19-20H2,1-2H3,(H,33,37)/t28-/m1/s1. The van der Waals surface area contributed by atoms with Crippen LogP contribution < -0.4 is 5.32 Å². The minimum Gasteiger partial charge on any atom is -0.357 e. The molecule has 4 aromatic rings. The van der Waals surface area contributed by atoms with Gasteiger partial charge in [-0.05, 0) is 46.2 Å². The van der Waals surface area contributed by atoms with Crippen molar-refractivity contribution in [3.05, 3.63) is 112 Å². The number of likely N-dealkylation sites (N-methyl/N-ethyl adjacent to an activating group) is 2. The molecule has 0 spiro atoms. The van der Waals surface area contributed by atoms with Crippen LogP contribution in [0.1, 0.15) is 11.1 Å². The summed E-state index contributed by atoms with van der Waals surface area (Å²) in [4.78, 5) is 28.4. The predicted molar refractivity (Wildman–Crippen MR) is 159 cm³/mol. The normalized spacial score (nSPS) is 12.3. The Kier molecular flexibility index (Phi) is 9.48. The van der Waals surface area contributed by atoms with E-state index in [-0.39, 0.29) is 23.8 Å². The van der Waals surface area contributed by atoms with Gasteiger partial charge in [-0.15, -0.1) is 0 Å². The lowest BCUT2D eigenvalue weighted by atomic mass is 10.0. The second-order valence-corrected chi connectivity index (χ2v) is 12.2. The number of fused-ring (bicyclic) bond motifs is 1. The average molecular weight is 599 g/mol. The van der Waals surface area contributed by atoms with Gasteiger partial charge in [0.15, 0.2) is 0 Å². The number of carbonyl (C=O) groups is 2. The van der Waals surface area contributed by atoms with E-state index >= 15 is 0 Å². The van der Waals surface area contributed by atoms with E-state index in [0.29, 0.717) is 15.6 Å². The molecule has 2 amide bonds. The Morgan fingerprint density at radius 1 is 0.825 bits per heavy atom. The fraction of sp³-hybridized carbons (Fsp3) is 0.200. The van der Waals surface area contributed by atoms with E-state index < -0.39 is 28.5 Å². The number of carbonyl (C=O) groups excluding carboxylic acids is 2. The van der Waals surface area contributed by atoms with Crippen molar-refractivity contribution in [2.75, 3.05) is 20.6 Å². The molecule has 1 N–H and O–H groups in total. The van der Waals surface area contributed by atoms with E-state index in [1.807, 2.05) is 54.6 Å². The van der Waals surface area contributed by atoms with Crippen LogP contribution in [0.15, 0.2) is 95.9 Å². The molecule has 0 heterocycles. The van der Waals surface area contributed by atoms with E-state index in [0.717, 1.165) is 20.6 Å². The second kappa shape index (κ2) is 12.8. The SMILES string of the molecule is CNC(=O)[C@@H](Cc1ccccc1)N(Cc1ccc(Cl)c(Cl)c1)C(=O)CN(C)S(=O)(=O)c1ccc2ccccc2c1. The Hall–Kier alpha value is -3.43. The van der Waals surface area contributed by atoms with Gasteiger partial charge in [-0.3, -0.25) is 9.59 Å². The van der Waals surface area contributed by atoms with Crippen LogP contribution in [0.5, 0.6) is 0 Å². The molecular weight excluding hydrogens is 569 g/mol. The molecule has 1 atom stereocenters. The summed E-state index contributed by atoms with van der Waals surface area (Å²) in [5, 5.41) is 4.98. The highest BCUT2D eigenvalue weighted by atomic mass is 35.5. The lowest BCUT2D eigenvalue weighted by Gasteiger charge is -2.32. The minimum atomic E-state index is -4.01. The Morgan fingerprint density at radius 3 is 2.17 bits per heavy atom. The lowest BCUT2D eigenvalue weighted by Crippen LogP contribution is -2.52. The molecule has 0 fully saturated rings. The summed E-state index contributed by atoms with van der Waals surface area (Å²) >= 11 is 12.3. The Balaban J connectivity index is 1.66. The van der Waals surface area contributed by atoms with Crippen molar-refractivity contribution in [3.8, 4) is 0 Å². The zero-order chi connectivity index (χ0) is 28.9. The Labute approximate surface area is 244 Å². The van der Waals surface area contributed by atoms with Crippen LogP contribution in [0.2, 0.25) is 10.0 Å². The van der Waals surface area contributed by atoms with Crippen molar-refractivity contribution in [3.63, 3.8) is 0 Å². The third kappa shape index (κ3) is 6.82. The van der Waals surface area contributed by atoms with E-state index in [9.17, 15) is 18.0 Å². The van der Waals surface area contributed by atoms with E-state index in [1.165, 1.54) is 25.1 Å². The monoisotopic (exact) mass is 597 g/mol. The van der Waals surface area contributed by atoms with Crippen molar-refractivity contribution < 1.29 is 18.0 Å². The molecule has 0 saturated heterocycles. The van der Waals surface area contributed by atoms with Gasteiger partial charge < -0.3 is 10.2 Å². The van der Waals surface area contributed by atoms with E-state index in [2.05, 4.69) is 5.32 Å². The molecule has 10 heteroatoms. The largest absolute Gasteiger partial charge is 0.357 e. The van der Waals surface area contributed by atoms with Gasteiger partial charge in [-0.25, -0.2) is 8.42 Å². The number of halogens is 2. The van der Waals surface area contributed by atoms with Gasteiger partial charge in [0.2, 0.25) is 21.8 Å². The highest BCUT2D eigenvalue weighted by Crippen LogP contribution is 2.25. The van der Waals surface area contributed by atoms with Crippen LogP contribution in [0.3, 0.4) is 0 Å². The Morgan fingerprint density at radius 2 is 1.50 bits per heavy atom. The maximum atomic E-state index is 13.8. The molecule has 208 valence electrons. The molecule has 0 unspecified atom stereocenters.